The Balaban J connectivity index is 2.80. The van der Waals surface area contributed by atoms with E-state index in [-0.39, 0.29) is 11.9 Å². The molecule has 18 heavy (non-hydrogen) atoms. The lowest BCUT2D eigenvalue weighted by molar-refractivity contribution is -0.139. The van der Waals surface area contributed by atoms with Gasteiger partial charge in [-0.15, -0.1) is 0 Å². The van der Waals surface area contributed by atoms with Gasteiger partial charge in [0, 0.05) is 0 Å². The molecule has 3 N–H and O–H groups in total. The zero-order valence-electron chi connectivity index (χ0n) is 10.1. The molecule has 6 heteroatoms. The highest BCUT2D eigenvalue weighted by molar-refractivity contribution is 5.81. The SMILES string of the molecule is CC(C)OC(=O)NC(C(=O)O)c1ccc(O)cc1. The summed E-state index contributed by atoms with van der Waals surface area (Å²) in [6, 6.07) is 4.33. The first-order valence-corrected chi connectivity index (χ1v) is 5.39. The second kappa shape index (κ2) is 5.90. The van der Waals surface area contributed by atoms with E-state index >= 15 is 0 Å². The van der Waals surface area contributed by atoms with Gasteiger partial charge in [-0.25, -0.2) is 9.59 Å². The Bertz CT molecular complexity index is 427. The highest BCUT2D eigenvalue weighted by Gasteiger charge is 2.23. The number of benzene rings is 1. The number of hydrogen-bond donors (Lipinski definition) is 3. The van der Waals surface area contributed by atoms with Gasteiger partial charge >= 0.3 is 12.1 Å². The van der Waals surface area contributed by atoms with Gasteiger partial charge in [-0.1, -0.05) is 12.1 Å². The van der Waals surface area contributed by atoms with Crippen molar-refractivity contribution in [1.82, 2.24) is 5.32 Å². The first-order valence-electron chi connectivity index (χ1n) is 5.39. The van der Waals surface area contributed by atoms with Crippen LogP contribution in [-0.4, -0.2) is 28.4 Å². The molecule has 1 unspecified atom stereocenters. The van der Waals surface area contributed by atoms with Crippen molar-refractivity contribution >= 4 is 12.1 Å². The minimum atomic E-state index is -1.21. The predicted molar refractivity (Wildman–Crippen MR) is 63.2 cm³/mol. The Morgan fingerprint density at radius 1 is 1.22 bits per heavy atom. The van der Waals surface area contributed by atoms with E-state index in [1.807, 2.05) is 0 Å². The van der Waals surface area contributed by atoms with E-state index in [1.54, 1.807) is 13.8 Å². The van der Waals surface area contributed by atoms with E-state index in [4.69, 9.17) is 14.9 Å². The molecule has 0 saturated carbocycles. The number of carbonyl (C=O) groups excluding carboxylic acids is 1. The molecule has 0 bridgehead atoms. The van der Waals surface area contributed by atoms with Crippen LogP contribution in [0.25, 0.3) is 0 Å². The van der Waals surface area contributed by atoms with Crippen molar-refractivity contribution in [3.05, 3.63) is 29.8 Å². The molecule has 1 aromatic carbocycles. The highest BCUT2D eigenvalue weighted by Crippen LogP contribution is 2.17. The number of nitrogens with one attached hydrogen (secondary N) is 1. The van der Waals surface area contributed by atoms with Gasteiger partial charge in [-0.05, 0) is 31.5 Å². The van der Waals surface area contributed by atoms with Crippen LogP contribution in [0.15, 0.2) is 24.3 Å². The van der Waals surface area contributed by atoms with Crippen molar-refractivity contribution < 1.29 is 24.5 Å². The van der Waals surface area contributed by atoms with Crippen molar-refractivity contribution in [2.75, 3.05) is 0 Å². The summed E-state index contributed by atoms with van der Waals surface area (Å²) >= 11 is 0. The molecule has 0 aromatic heterocycles. The number of rotatable bonds is 4. The third-order valence-corrected chi connectivity index (χ3v) is 2.08. The van der Waals surface area contributed by atoms with Crippen LogP contribution in [0, 0.1) is 0 Å². The van der Waals surface area contributed by atoms with Gasteiger partial charge in [0.05, 0.1) is 6.10 Å². The molecular formula is C12H15NO5. The van der Waals surface area contributed by atoms with Crippen LogP contribution in [0.5, 0.6) is 5.75 Å². The number of carboxylic acids is 1. The van der Waals surface area contributed by atoms with Gasteiger partial charge in [0.1, 0.15) is 5.75 Å². The number of carboxylic acid groups (broad SMARTS) is 1. The average Bonchev–Trinajstić information content (AvgIpc) is 2.26. The number of carbonyl (C=O) groups is 2. The Morgan fingerprint density at radius 3 is 2.22 bits per heavy atom. The van der Waals surface area contributed by atoms with Crippen LogP contribution >= 0.6 is 0 Å². The second-order valence-corrected chi connectivity index (χ2v) is 3.96. The summed E-state index contributed by atoms with van der Waals surface area (Å²) < 4.78 is 4.81. The van der Waals surface area contributed by atoms with E-state index in [0.717, 1.165) is 0 Å². The van der Waals surface area contributed by atoms with Gasteiger partial charge in [0.2, 0.25) is 0 Å². The molecule has 0 radical (unpaired) electrons. The Morgan fingerprint density at radius 2 is 1.78 bits per heavy atom. The fourth-order valence-corrected chi connectivity index (χ4v) is 1.32. The van der Waals surface area contributed by atoms with Crippen molar-refractivity contribution in [3.63, 3.8) is 0 Å². The lowest BCUT2D eigenvalue weighted by Crippen LogP contribution is -2.35. The topological polar surface area (TPSA) is 95.9 Å². The number of hydrogen-bond acceptors (Lipinski definition) is 4. The summed E-state index contributed by atoms with van der Waals surface area (Å²) in [7, 11) is 0. The molecule has 0 saturated heterocycles. The number of aliphatic carboxylic acids is 1. The minimum absolute atomic E-state index is 0.0210. The fourth-order valence-electron chi connectivity index (χ4n) is 1.32. The summed E-state index contributed by atoms with van der Waals surface area (Å²) in [5.41, 5.74) is 0.348. The van der Waals surface area contributed by atoms with Crippen LogP contribution in [-0.2, 0) is 9.53 Å². The van der Waals surface area contributed by atoms with E-state index in [0.29, 0.717) is 5.56 Å². The summed E-state index contributed by atoms with van der Waals surface area (Å²) in [6.07, 6.45) is -1.13. The maximum atomic E-state index is 11.4. The number of alkyl carbamates (subject to hydrolysis) is 1. The molecule has 98 valence electrons. The maximum absolute atomic E-state index is 11.4. The summed E-state index contributed by atoms with van der Waals surface area (Å²) in [5, 5.41) is 20.4. The zero-order chi connectivity index (χ0) is 13.7. The first-order chi connectivity index (χ1) is 8.40. The first kappa shape index (κ1) is 13.8. The van der Waals surface area contributed by atoms with Crippen LogP contribution in [0.4, 0.5) is 4.79 Å². The third-order valence-electron chi connectivity index (χ3n) is 2.08. The molecule has 0 heterocycles. The quantitative estimate of drug-likeness (QED) is 0.758. The van der Waals surface area contributed by atoms with E-state index in [9.17, 15) is 9.59 Å². The molecule has 0 aliphatic carbocycles. The maximum Gasteiger partial charge on any atom is 0.408 e. The van der Waals surface area contributed by atoms with Crippen molar-refractivity contribution in [2.24, 2.45) is 0 Å². The summed E-state index contributed by atoms with van der Waals surface area (Å²) in [5.74, 6) is -1.19. The van der Waals surface area contributed by atoms with Gasteiger partial charge in [0.25, 0.3) is 0 Å². The third kappa shape index (κ3) is 3.97. The molecule has 1 amide bonds. The van der Waals surface area contributed by atoms with Crippen LogP contribution < -0.4 is 5.32 Å². The molecule has 0 fully saturated rings. The largest absolute Gasteiger partial charge is 0.508 e. The number of aromatic hydroxyl groups is 1. The summed E-state index contributed by atoms with van der Waals surface area (Å²) in [4.78, 5) is 22.4. The number of phenols is 1. The normalized spacial score (nSPS) is 11.9. The lowest BCUT2D eigenvalue weighted by Gasteiger charge is -2.16. The summed E-state index contributed by atoms with van der Waals surface area (Å²) in [6.45, 7) is 3.33. The van der Waals surface area contributed by atoms with Crippen molar-refractivity contribution in [2.45, 2.75) is 26.0 Å². The fraction of sp³-hybridized carbons (Fsp3) is 0.333. The van der Waals surface area contributed by atoms with Gasteiger partial charge < -0.3 is 20.3 Å². The highest BCUT2D eigenvalue weighted by atomic mass is 16.6. The smallest absolute Gasteiger partial charge is 0.408 e. The molecule has 1 atom stereocenters. The molecule has 1 aromatic rings. The molecule has 6 nitrogen and oxygen atoms in total. The van der Waals surface area contributed by atoms with E-state index in [1.165, 1.54) is 24.3 Å². The molecule has 0 aliphatic heterocycles. The standard InChI is InChI=1S/C12H15NO5/c1-7(2)18-12(17)13-10(11(15)16)8-3-5-9(14)6-4-8/h3-7,10,14H,1-2H3,(H,13,17)(H,15,16). The predicted octanol–water partition coefficient (Wildman–Crippen LogP) is 1.65. The number of amides is 1. The van der Waals surface area contributed by atoms with Crippen molar-refractivity contribution in [3.8, 4) is 5.75 Å². The number of phenolic OH excluding ortho intramolecular Hbond substituents is 1. The van der Waals surface area contributed by atoms with E-state index in [2.05, 4.69) is 5.32 Å². The number of ether oxygens (including phenoxy) is 1. The van der Waals surface area contributed by atoms with E-state index < -0.39 is 18.1 Å². The molecule has 1 rings (SSSR count). The van der Waals surface area contributed by atoms with Gasteiger partial charge in [0.15, 0.2) is 6.04 Å². The minimum Gasteiger partial charge on any atom is -0.508 e. The molecule has 0 spiro atoms. The zero-order valence-corrected chi connectivity index (χ0v) is 10.1. The second-order valence-electron chi connectivity index (χ2n) is 3.96. The molecular weight excluding hydrogens is 238 g/mol. The van der Waals surface area contributed by atoms with Crippen molar-refractivity contribution in [1.29, 1.82) is 0 Å². The molecule has 0 aliphatic rings. The Hall–Kier alpha value is -2.24. The Labute approximate surface area is 104 Å². The van der Waals surface area contributed by atoms with Gasteiger partial charge in [-0.2, -0.15) is 0 Å². The van der Waals surface area contributed by atoms with Crippen LogP contribution in [0.1, 0.15) is 25.5 Å². The Kier molecular flexibility index (Phi) is 4.53. The lowest BCUT2D eigenvalue weighted by atomic mass is 10.1. The average molecular weight is 253 g/mol. The van der Waals surface area contributed by atoms with Gasteiger partial charge in [-0.3, -0.25) is 0 Å². The van der Waals surface area contributed by atoms with Crippen LogP contribution in [0.2, 0.25) is 0 Å². The van der Waals surface area contributed by atoms with Crippen LogP contribution in [0.3, 0.4) is 0 Å². The monoisotopic (exact) mass is 253 g/mol.